The number of nitrogens with zero attached hydrogens (tertiary/aromatic N) is 1. The first-order chi connectivity index (χ1) is 8.89. The third-order valence-electron chi connectivity index (χ3n) is 3.62. The van der Waals surface area contributed by atoms with Gasteiger partial charge in [-0.05, 0) is 37.4 Å². The van der Waals surface area contributed by atoms with Crippen molar-refractivity contribution in [3.8, 4) is 0 Å². The molecule has 2 amide bonds. The second kappa shape index (κ2) is 6.28. The lowest BCUT2D eigenvalue weighted by Gasteiger charge is -2.40. The predicted molar refractivity (Wildman–Crippen MR) is 79.4 cm³/mol. The molecule has 1 unspecified atom stereocenters. The van der Waals surface area contributed by atoms with Crippen LogP contribution in [0.1, 0.15) is 40.0 Å². The fourth-order valence-corrected chi connectivity index (χ4v) is 2.52. The highest BCUT2D eigenvalue weighted by molar-refractivity contribution is 7.80. The Morgan fingerprint density at radius 1 is 1.47 bits per heavy atom. The normalized spacial score (nSPS) is 23.8. The van der Waals surface area contributed by atoms with E-state index in [1.54, 1.807) is 6.08 Å². The summed E-state index contributed by atoms with van der Waals surface area (Å²) >= 11 is 5.06. The molecular formula is C14H22N2O2S. The van der Waals surface area contributed by atoms with E-state index in [2.05, 4.69) is 25.7 Å². The minimum Gasteiger partial charge on any atom is -0.302 e. The van der Waals surface area contributed by atoms with Crippen molar-refractivity contribution in [2.45, 2.75) is 40.0 Å². The van der Waals surface area contributed by atoms with Gasteiger partial charge in [-0.1, -0.05) is 26.8 Å². The van der Waals surface area contributed by atoms with Crippen molar-refractivity contribution < 1.29 is 9.59 Å². The molecule has 0 aliphatic carbocycles. The summed E-state index contributed by atoms with van der Waals surface area (Å²) in [5, 5.41) is 2.84. The van der Waals surface area contributed by atoms with E-state index in [-0.39, 0.29) is 16.9 Å². The average molecular weight is 282 g/mol. The van der Waals surface area contributed by atoms with E-state index in [9.17, 15) is 9.59 Å². The van der Waals surface area contributed by atoms with Crippen LogP contribution in [-0.2, 0) is 9.59 Å². The standard InChI is InChI=1S/C14H22N2O2S/c1-5-9-16-12(18)14(6-2,8-7-10(3)4)11(17)15-13(16)19/h5,10H,1,6-9H2,2-4H3,(H,15,17,19). The lowest BCUT2D eigenvalue weighted by molar-refractivity contribution is -0.150. The van der Waals surface area contributed by atoms with Crippen LogP contribution >= 0.6 is 12.2 Å². The second-order valence-corrected chi connectivity index (χ2v) is 5.72. The molecule has 1 heterocycles. The molecule has 0 aromatic carbocycles. The van der Waals surface area contributed by atoms with Gasteiger partial charge in [0.2, 0.25) is 11.8 Å². The van der Waals surface area contributed by atoms with Gasteiger partial charge in [0.05, 0.1) is 0 Å². The van der Waals surface area contributed by atoms with Gasteiger partial charge in [-0.15, -0.1) is 6.58 Å². The average Bonchev–Trinajstić information content (AvgIpc) is 2.35. The summed E-state index contributed by atoms with van der Waals surface area (Å²) in [5.74, 6) is 0.000944. The van der Waals surface area contributed by atoms with E-state index in [0.29, 0.717) is 25.3 Å². The van der Waals surface area contributed by atoms with Crippen LogP contribution in [0, 0.1) is 11.3 Å². The Labute approximate surface area is 120 Å². The summed E-state index contributed by atoms with van der Waals surface area (Å²) in [5.41, 5.74) is -0.977. The number of carbonyl (C=O) groups excluding carboxylic acids is 2. The van der Waals surface area contributed by atoms with Crippen LogP contribution in [0.5, 0.6) is 0 Å². The minimum atomic E-state index is -0.977. The molecule has 1 aliphatic rings. The van der Waals surface area contributed by atoms with Crippen molar-refractivity contribution in [1.82, 2.24) is 10.2 Å². The van der Waals surface area contributed by atoms with Crippen molar-refractivity contribution >= 4 is 29.1 Å². The van der Waals surface area contributed by atoms with Gasteiger partial charge >= 0.3 is 0 Å². The molecule has 1 rings (SSSR count). The molecule has 0 spiro atoms. The third-order valence-corrected chi connectivity index (χ3v) is 3.94. The molecule has 0 radical (unpaired) electrons. The molecule has 106 valence electrons. The third kappa shape index (κ3) is 3.03. The van der Waals surface area contributed by atoms with Crippen molar-refractivity contribution in [1.29, 1.82) is 0 Å². The lowest BCUT2D eigenvalue weighted by Crippen LogP contribution is -2.63. The highest BCUT2D eigenvalue weighted by atomic mass is 32.1. The van der Waals surface area contributed by atoms with Crippen LogP contribution in [0.25, 0.3) is 0 Å². The Kier molecular flexibility index (Phi) is 5.23. The van der Waals surface area contributed by atoms with Crippen LogP contribution < -0.4 is 5.32 Å². The Morgan fingerprint density at radius 3 is 2.58 bits per heavy atom. The van der Waals surface area contributed by atoms with Gasteiger partial charge in [0.15, 0.2) is 5.11 Å². The van der Waals surface area contributed by atoms with E-state index in [0.717, 1.165) is 6.42 Å². The molecule has 1 atom stereocenters. The van der Waals surface area contributed by atoms with E-state index < -0.39 is 5.41 Å². The van der Waals surface area contributed by atoms with Crippen molar-refractivity contribution in [3.63, 3.8) is 0 Å². The Morgan fingerprint density at radius 2 is 2.11 bits per heavy atom. The predicted octanol–water partition coefficient (Wildman–Crippen LogP) is 2.25. The summed E-state index contributed by atoms with van der Waals surface area (Å²) in [6.45, 7) is 10.0. The van der Waals surface area contributed by atoms with Crippen molar-refractivity contribution in [3.05, 3.63) is 12.7 Å². The lowest BCUT2D eigenvalue weighted by atomic mass is 9.76. The van der Waals surface area contributed by atoms with Gasteiger partial charge in [-0.3, -0.25) is 14.5 Å². The summed E-state index contributed by atoms with van der Waals surface area (Å²) in [4.78, 5) is 26.3. The zero-order chi connectivity index (χ0) is 14.6. The summed E-state index contributed by atoms with van der Waals surface area (Å²) in [6.07, 6.45) is 3.50. The van der Waals surface area contributed by atoms with Gasteiger partial charge in [0, 0.05) is 6.54 Å². The smallest absolute Gasteiger partial charge is 0.244 e. The quantitative estimate of drug-likeness (QED) is 0.462. The molecule has 1 saturated heterocycles. The van der Waals surface area contributed by atoms with Crippen LogP contribution in [0.3, 0.4) is 0 Å². The maximum atomic E-state index is 12.6. The molecule has 1 aliphatic heterocycles. The minimum absolute atomic E-state index is 0.184. The van der Waals surface area contributed by atoms with Crippen molar-refractivity contribution in [2.24, 2.45) is 11.3 Å². The molecule has 0 saturated carbocycles. The number of rotatable bonds is 6. The Balaban J connectivity index is 3.05. The van der Waals surface area contributed by atoms with Gasteiger partial charge in [-0.25, -0.2) is 0 Å². The molecule has 0 aromatic rings. The number of hydrogen-bond donors (Lipinski definition) is 1. The van der Waals surface area contributed by atoms with Gasteiger partial charge in [0.25, 0.3) is 0 Å². The first kappa shape index (κ1) is 15.8. The van der Waals surface area contributed by atoms with Gasteiger partial charge in [-0.2, -0.15) is 0 Å². The zero-order valence-corrected chi connectivity index (χ0v) is 12.7. The van der Waals surface area contributed by atoms with E-state index in [4.69, 9.17) is 12.2 Å². The molecule has 0 aromatic heterocycles. The number of hydrogen-bond acceptors (Lipinski definition) is 3. The monoisotopic (exact) mass is 282 g/mol. The van der Waals surface area contributed by atoms with Crippen LogP contribution in [0.2, 0.25) is 0 Å². The van der Waals surface area contributed by atoms with Gasteiger partial charge in [0.1, 0.15) is 5.41 Å². The van der Waals surface area contributed by atoms with Crippen LogP contribution in [0.4, 0.5) is 0 Å². The molecule has 5 heteroatoms. The number of amides is 2. The zero-order valence-electron chi connectivity index (χ0n) is 11.9. The summed E-state index contributed by atoms with van der Waals surface area (Å²) in [7, 11) is 0. The van der Waals surface area contributed by atoms with Crippen LogP contribution in [-0.4, -0.2) is 28.4 Å². The fourth-order valence-electron chi connectivity index (χ4n) is 2.27. The van der Waals surface area contributed by atoms with E-state index >= 15 is 0 Å². The Hall–Kier alpha value is -1.23. The fraction of sp³-hybridized carbons (Fsp3) is 0.643. The van der Waals surface area contributed by atoms with Gasteiger partial charge < -0.3 is 5.32 Å². The first-order valence-corrected chi connectivity index (χ1v) is 7.08. The second-order valence-electron chi connectivity index (χ2n) is 5.33. The maximum Gasteiger partial charge on any atom is 0.244 e. The molecule has 0 bridgehead atoms. The largest absolute Gasteiger partial charge is 0.302 e. The van der Waals surface area contributed by atoms with E-state index in [1.807, 2.05) is 6.92 Å². The topological polar surface area (TPSA) is 49.4 Å². The highest BCUT2D eigenvalue weighted by Gasteiger charge is 2.50. The van der Waals surface area contributed by atoms with Crippen molar-refractivity contribution in [2.75, 3.05) is 6.54 Å². The molecule has 4 nitrogen and oxygen atoms in total. The number of nitrogens with one attached hydrogen (secondary N) is 1. The molecule has 1 N–H and O–H groups in total. The molecular weight excluding hydrogens is 260 g/mol. The number of carbonyl (C=O) groups is 2. The summed E-state index contributed by atoms with van der Waals surface area (Å²) in [6, 6.07) is 0. The highest BCUT2D eigenvalue weighted by Crippen LogP contribution is 2.35. The molecule has 1 fully saturated rings. The number of thiocarbonyl (C=S) groups is 1. The maximum absolute atomic E-state index is 12.6. The van der Waals surface area contributed by atoms with E-state index in [1.165, 1.54) is 4.90 Å². The Bertz CT molecular complexity index is 406. The first-order valence-electron chi connectivity index (χ1n) is 6.67. The summed E-state index contributed by atoms with van der Waals surface area (Å²) < 4.78 is 0. The SMILES string of the molecule is C=CCN1C(=O)C(CC)(CCC(C)C)C(=O)NC1=S. The van der Waals surface area contributed by atoms with Crippen LogP contribution in [0.15, 0.2) is 12.7 Å². The molecule has 19 heavy (non-hydrogen) atoms.